The summed E-state index contributed by atoms with van der Waals surface area (Å²) in [4.78, 5) is 51.4. The summed E-state index contributed by atoms with van der Waals surface area (Å²) in [5.74, 6) is 0.0559. The maximum atomic E-state index is 13.0. The summed E-state index contributed by atoms with van der Waals surface area (Å²) in [7, 11) is 0. The molecule has 1 N–H and O–H groups in total. The van der Waals surface area contributed by atoms with Gasteiger partial charge in [-0.1, -0.05) is 30.3 Å². The number of amides is 4. The number of aromatic nitrogens is 2. The van der Waals surface area contributed by atoms with Crippen LogP contribution in [-0.4, -0.2) is 75.9 Å². The normalized spacial score (nSPS) is 21.4. The van der Waals surface area contributed by atoms with E-state index in [2.05, 4.69) is 15.3 Å². The molecule has 162 valence electrons. The van der Waals surface area contributed by atoms with E-state index >= 15 is 0 Å². The van der Waals surface area contributed by atoms with Crippen LogP contribution in [-0.2, 0) is 16.0 Å². The first-order valence-corrected chi connectivity index (χ1v) is 10.4. The minimum Gasteiger partial charge on any atom is -0.338 e. The molecule has 1 aromatic carbocycles. The summed E-state index contributed by atoms with van der Waals surface area (Å²) < 4.78 is 0. The van der Waals surface area contributed by atoms with Crippen molar-refractivity contribution in [2.75, 3.05) is 37.6 Å². The predicted octanol–water partition coefficient (Wildman–Crippen LogP) is 1.07. The van der Waals surface area contributed by atoms with Gasteiger partial charge in [0.05, 0.1) is 0 Å². The molecule has 0 spiro atoms. The van der Waals surface area contributed by atoms with Crippen LogP contribution in [0.2, 0.25) is 0 Å². The lowest BCUT2D eigenvalue weighted by Crippen LogP contribution is -2.52. The highest BCUT2D eigenvalue weighted by Gasteiger charge is 2.48. The molecule has 0 radical (unpaired) electrons. The number of imide groups is 1. The Kier molecular flexibility index (Phi) is 5.83. The van der Waals surface area contributed by atoms with Crippen molar-refractivity contribution in [2.24, 2.45) is 0 Å². The molecule has 0 unspecified atom stereocenters. The summed E-state index contributed by atoms with van der Waals surface area (Å²) in [5, 5.41) is 2.78. The second-order valence-corrected chi connectivity index (χ2v) is 8.06. The maximum absolute atomic E-state index is 13.0. The first-order valence-electron chi connectivity index (χ1n) is 10.4. The average Bonchev–Trinajstić information content (AvgIpc) is 3.02. The summed E-state index contributed by atoms with van der Waals surface area (Å²) in [6.45, 7) is 3.67. The Labute approximate surface area is 181 Å². The highest BCUT2D eigenvalue weighted by molar-refractivity contribution is 6.08. The number of nitrogens with one attached hydrogen (secondary N) is 1. The van der Waals surface area contributed by atoms with Crippen molar-refractivity contribution in [3.05, 3.63) is 54.4 Å². The molecule has 9 heteroatoms. The third-order valence-corrected chi connectivity index (χ3v) is 5.86. The SMILES string of the molecule is C[C@]1(CCc2ccccc2)NC(=O)N(CC(=O)N2CCN(c3ncccn3)CC2)C1=O. The number of rotatable bonds is 6. The number of piperazine rings is 1. The van der Waals surface area contributed by atoms with E-state index < -0.39 is 11.6 Å². The van der Waals surface area contributed by atoms with Gasteiger partial charge in [0.2, 0.25) is 11.9 Å². The number of benzene rings is 1. The second kappa shape index (κ2) is 8.71. The molecular formula is C22H26N6O3. The Morgan fingerprint density at radius 3 is 2.39 bits per heavy atom. The summed E-state index contributed by atoms with van der Waals surface area (Å²) >= 11 is 0. The van der Waals surface area contributed by atoms with E-state index in [1.807, 2.05) is 35.2 Å². The molecule has 3 heterocycles. The molecule has 4 amide bonds. The monoisotopic (exact) mass is 422 g/mol. The smallest absolute Gasteiger partial charge is 0.325 e. The number of anilines is 1. The Hall–Kier alpha value is -3.49. The molecule has 2 aliphatic heterocycles. The van der Waals surface area contributed by atoms with Gasteiger partial charge >= 0.3 is 6.03 Å². The van der Waals surface area contributed by atoms with Gasteiger partial charge in [-0.3, -0.25) is 14.5 Å². The zero-order chi connectivity index (χ0) is 21.8. The Balaban J connectivity index is 1.32. The average molecular weight is 422 g/mol. The Morgan fingerprint density at radius 2 is 1.71 bits per heavy atom. The van der Waals surface area contributed by atoms with Gasteiger partial charge in [-0.05, 0) is 31.4 Å². The van der Waals surface area contributed by atoms with Crippen LogP contribution in [0.4, 0.5) is 10.7 Å². The summed E-state index contributed by atoms with van der Waals surface area (Å²) in [6, 6.07) is 11.1. The quantitative estimate of drug-likeness (QED) is 0.700. The number of carbonyl (C=O) groups is 3. The Bertz CT molecular complexity index is 946. The topological polar surface area (TPSA) is 98.7 Å². The number of urea groups is 1. The van der Waals surface area contributed by atoms with Crippen molar-refractivity contribution < 1.29 is 14.4 Å². The van der Waals surface area contributed by atoms with Crippen LogP contribution in [0, 0.1) is 0 Å². The van der Waals surface area contributed by atoms with Crippen molar-refractivity contribution in [1.29, 1.82) is 0 Å². The van der Waals surface area contributed by atoms with E-state index in [1.165, 1.54) is 0 Å². The molecule has 0 saturated carbocycles. The van der Waals surface area contributed by atoms with Gasteiger partial charge in [-0.2, -0.15) is 0 Å². The molecule has 4 rings (SSSR count). The zero-order valence-corrected chi connectivity index (χ0v) is 17.5. The van der Waals surface area contributed by atoms with Gasteiger partial charge in [0, 0.05) is 38.6 Å². The molecule has 1 atom stereocenters. The summed E-state index contributed by atoms with van der Waals surface area (Å²) in [5.41, 5.74) is 0.0943. The van der Waals surface area contributed by atoms with Crippen LogP contribution in [0.5, 0.6) is 0 Å². The molecule has 2 saturated heterocycles. The fourth-order valence-electron chi connectivity index (χ4n) is 3.94. The molecule has 0 bridgehead atoms. The van der Waals surface area contributed by atoms with E-state index in [0.717, 1.165) is 10.5 Å². The molecule has 0 aliphatic carbocycles. The van der Waals surface area contributed by atoms with Crippen LogP contribution in [0.3, 0.4) is 0 Å². The number of hydrogen-bond acceptors (Lipinski definition) is 6. The number of nitrogens with zero attached hydrogens (tertiary/aromatic N) is 5. The number of aryl methyl sites for hydroxylation is 1. The van der Waals surface area contributed by atoms with Crippen molar-refractivity contribution in [1.82, 2.24) is 25.1 Å². The minimum atomic E-state index is -1.00. The lowest BCUT2D eigenvalue weighted by Gasteiger charge is -2.35. The maximum Gasteiger partial charge on any atom is 0.325 e. The van der Waals surface area contributed by atoms with Crippen LogP contribution < -0.4 is 10.2 Å². The standard InChI is InChI=1S/C22H26N6O3/c1-22(9-8-17-6-3-2-4-7-17)19(30)28(21(31)25-22)16-18(29)26-12-14-27(15-13-26)20-23-10-5-11-24-20/h2-7,10-11H,8-9,12-16H2,1H3,(H,25,31)/t22-/m1/s1. The third kappa shape index (κ3) is 4.50. The highest BCUT2D eigenvalue weighted by Crippen LogP contribution is 2.23. The van der Waals surface area contributed by atoms with E-state index in [-0.39, 0.29) is 18.4 Å². The van der Waals surface area contributed by atoms with E-state index in [0.29, 0.717) is 45.0 Å². The van der Waals surface area contributed by atoms with Crippen molar-refractivity contribution in [3.63, 3.8) is 0 Å². The van der Waals surface area contributed by atoms with Gasteiger partial charge < -0.3 is 15.1 Å². The van der Waals surface area contributed by atoms with Crippen LogP contribution in [0.1, 0.15) is 18.9 Å². The highest BCUT2D eigenvalue weighted by atomic mass is 16.2. The van der Waals surface area contributed by atoms with Gasteiger partial charge in [0.15, 0.2) is 0 Å². The fourth-order valence-corrected chi connectivity index (χ4v) is 3.94. The van der Waals surface area contributed by atoms with Crippen molar-refractivity contribution in [2.45, 2.75) is 25.3 Å². The van der Waals surface area contributed by atoms with Gasteiger partial charge in [-0.15, -0.1) is 0 Å². The molecule has 2 fully saturated rings. The van der Waals surface area contributed by atoms with E-state index in [4.69, 9.17) is 0 Å². The number of hydrogen-bond donors (Lipinski definition) is 1. The molecular weight excluding hydrogens is 396 g/mol. The lowest BCUT2D eigenvalue weighted by molar-refractivity contribution is -0.139. The van der Waals surface area contributed by atoms with E-state index in [9.17, 15) is 14.4 Å². The van der Waals surface area contributed by atoms with Crippen molar-refractivity contribution in [3.8, 4) is 0 Å². The van der Waals surface area contributed by atoms with E-state index in [1.54, 1.807) is 30.3 Å². The van der Waals surface area contributed by atoms with Gasteiger partial charge in [0.1, 0.15) is 12.1 Å². The first-order chi connectivity index (χ1) is 15.0. The second-order valence-electron chi connectivity index (χ2n) is 8.06. The van der Waals surface area contributed by atoms with Crippen molar-refractivity contribution >= 4 is 23.8 Å². The van der Waals surface area contributed by atoms with Gasteiger partial charge in [0.25, 0.3) is 5.91 Å². The van der Waals surface area contributed by atoms with Crippen LogP contribution >= 0.6 is 0 Å². The third-order valence-electron chi connectivity index (χ3n) is 5.86. The molecule has 2 aliphatic rings. The Morgan fingerprint density at radius 1 is 1.03 bits per heavy atom. The largest absolute Gasteiger partial charge is 0.338 e. The zero-order valence-electron chi connectivity index (χ0n) is 17.5. The van der Waals surface area contributed by atoms with Gasteiger partial charge in [-0.25, -0.2) is 14.8 Å². The first kappa shape index (κ1) is 20.8. The fraction of sp³-hybridized carbons (Fsp3) is 0.409. The van der Waals surface area contributed by atoms with Crippen LogP contribution in [0.25, 0.3) is 0 Å². The molecule has 2 aromatic rings. The molecule has 31 heavy (non-hydrogen) atoms. The predicted molar refractivity (Wildman–Crippen MR) is 114 cm³/mol. The minimum absolute atomic E-state index is 0.232. The van der Waals surface area contributed by atoms with Crippen LogP contribution in [0.15, 0.2) is 48.8 Å². The molecule has 9 nitrogen and oxygen atoms in total. The number of carbonyl (C=O) groups excluding carboxylic acids is 3. The summed E-state index contributed by atoms with van der Waals surface area (Å²) in [6.07, 6.45) is 4.51. The molecule has 1 aromatic heterocycles. The lowest BCUT2D eigenvalue weighted by atomic mass is 9.93.